The molecule has 0 atom stereocenters. The summed E-state index contributed by atoms with van der Waals surface area (Å²) in [7, 11) is 1.71. The van der Waals surface area contributed by atoms with Gasteiger partial charge in [0.1, 0.15) is 11.9 Å². The number of pyridine rings is 1. The number of fused-ring (bicyclic) bond motifs is 3. The quantitative estimate of drug-likeness (QED) is 0.339. The predicted molar refractivity (Wildman–Crippen MR) is 153 cm³/mol. The maximum absolute atomic E-state index is 13.7. The van der Waals surface area contributed by atoms with E-state index in [0.717, 1.165) is 33.3 Å². The first-order valence-electron chi connectivity index (χ1n) is 13.1. The van der Waals surface area contributed by atoms with E-state index in [1.165, 1.54) is 12.1 Å². The van der Waals surface area contributed by atoms with Gasteiger partial charge < -0.3 is 9.80 Å². The molecule has 0 N–H and O–H groups in total. The van der Waals surface area contributed by atoms with Crippen LogP contribution in [-0.2, 0) is 11.8 Å². The molecule has 3 heterocycles. The van der Waals surface area contributed by atoms with E-state index in [1.807, 2.05) is 31.2 Å². The Bertz CT molecular complexity index is 1910. The largest absolute Gasteiger partial charge is 0.367 e. The van der Waals surface area contributed by atoms with Crippen LogP contribution in [0.3, 0.4) is 0 Å². The molecule has 1 fully saturated rings. The normalized spacial score (nSPS) is 13.7. The third-order valence-corrected chi connectivity index (χ3v) is 7.80. The number of rotatable bonds is 3. The highest BCUT2D eigenvalue weighted by Gasteiger charge is 2.24. The van der Waals surface area contributed by atoms with Crippen molar-refractivity contribution in [1.29, 1.82) is 5.26 Å². The van der Waals surface area contributed by atoms with E-state index in [4.69, 9.17) is 0 Å². The zero-order valence-corrected chi connectivity index (χ0v) is 22.5. The van der Waals surface area contributed by atoms with E-state index in [2.05, 4.69) is 16.0 Å². The second-order valence-corrected chi connectivity index (χ2v) is 10.2. The van der Waals surface area contributed by atoms with Crippen LogP contribution in [0.25, 0.3) is 38.8 Å². The molecule has 8 nitrogen and oxygen atoms in total. The SMILES string of the molecule is CC(=O)N1CCN(c2cc(C)c(-n3c(=O)n(C)c4cnc5ccc(-c6ccc(F)cc6)cc5c43)cc2C#N)CC1. The van der Waals surface area contributed by atoms with Crippen molar-refractivity contribution in [3.8, 4) is 22.9 Å². The molecule has 0 saturated carbocycles. The van der Waals surface area contributed by atoms with Gasteiger partial charge in [-0.2, -0.15) is 5.26 Å². The second-order valence-electron chi connectivity index (χ2n) is 10.2. The highest BCUT2D eigenvalue weighted by molar-refractivity contribution is 6.04. The molecule has 0 bridgehead atoms. The van der Waals surface area contributed by atoms with Crippen molar-refractivity contribution in [3.63, 3.8) is 0 Å². The van der Waals surface area contributed by atoms with Crippen molar-refractivity contribution in [2.45, 2.75) is 13.8 Å². The molecule has 0 radical (unpaired) electrons. The number of anilines is 1. The van der Waals surface area contributed by atoms with Crippen LogP contribution < -0.4 is 10.6 Å². The highest BCUT2D eigenvalue weighted by Crippen LogP contribution is 2.33. The number of imidazole rings is 1. The topological polar surface area (TPSA) is 87.2 Å². The van der Waals surface area contributed by atoms with Gasteiger partial charge in [0.05, 0.1) is 39.7 Å². The summed E-state index contributed by atoms with van der Waals surface area (Å²) in [5.41, 5.74) is 6.28. The Labute approximate surface area is 230 Å². The van der Waals surface area contributed by atoms with Gasteiger partial charge >= 0.3 is 5.69 Å². The first-order chi connectivity index (χ1) is 19.3. The lowest BCUT2D eigenvalue weighted by molar-refractivity contribution is -0.129. The summed E-state index contributed by atoms with van der Waals surface area (Å²) in [4.78, 5) is 34.0. The van der Waals surface area contributed by atoms with Gasteiger partial charge in [0.25, 0.3) is 0 Å². The molecule has 5 aromatic rings. The number of halogens is 1. The van der Waals surface area contributed by atoms with Crippen molar-refractivity contribution in [2.75, 3.05) is 31.1 Å². The van der Waals surface area contributed by atoms with Gasteiger partial charge in [-0.3, -0.25) is 18.9 Å². The number of aryl methyl sites for hydroxylation is 2. The number of carbonyl (C=O) groups is 1. The molecule has 200 valence electrons. The molecule has 6 rings (SSSR count). The summed E-state index contributed by atoms with van der Waals surface area (Å²) < 4.78 is 16.8. The van der Waals surface area contributed by atoms with Crippen LogP contribution in [0.2, 0.25) is 0 Å². The Morgan fingerprint density at radius 3 is 2.35 bits per heavy atom. The van der Waals surface area contributed by atoms with E-state index in [1.54, 1.807) is 52.4 Å². The lowest BCUT2D eigenvalue weighted by atomic mass is 10.0. The average molecular weight is 535 g/mol. The summed E-state index contributed by atoms with van der Waals surface area (Å²) in [5, 5.41) is 10.9. The van der Waals surface area contributed by atoms with Gasteiger partial charge in [-0.15, -0.1) is 0 Å². The van der Waals surface area contributed by atoms with Crippen molar-refractivity contribution < 1.29 is 9.18 Å². The lowest BCUT2D eigenvalue weighted by Crippen LogP contribution is -2.48. The number of piperazine rings is 1. The van der Waals surface area contributed by atoms with Gasteiger partial charge in [0.15, 0.2) is 0 Å². The fourth-order valence-corrected chi connectivity index (χ4v) is 5.58. The monoisotopic (exact) mass is 534 g/mol. The smallest absolute Gasteiger partial charge is 0.333 e. The number of amides is 1. The molecule has 1 saturated heterocycles. The minimum atomic E-state index is -0.307. The molecule has 9 heteroatoms. The van der Waals surface area contributed by atoms with Crippen molar-refractivity contribution in [3.05, 3.63) is 88.2 Å². The Balaban J connectivity index is 1.53. The van der Waals surface area contributed by atoms with Crippen LogP contribution in [0.15, 0.2) is 65.6 Å². The summed E-state index contributed by atoms with van der Waals surface area (Å²) in [5.74, 6) is -0.259. The van der Waals surface area contributed by atoms with E-state index >= 15 is 0 Å². The number of hydrogen-bond donors (Lipinski definition) is 0. The Morgan fingerprint density at radius 2 is 1.68 bits per heavy atom. The first-order valence-corrected chi connectivity index (χ1v) is 13.1. The van der Waals surface area contributed by atoms with Crippen LogP contribution in [0.1, 0.15) is 18.1 Å². The third-order valence-electron chi connectivity index (χ3n) is 7.80. The number of nitriles is 1. The van der Waals surface area contributed by atoms with Gasteiger partial charge in [0.2, 0.25) is 5.91 Å². The van der Waals surface area contributed by atoms with E-state index in [9.17, 15) is 19.2 Å². The van der Waals surface area contributed by atoms with E-state index in [-0.39, 0.29) is 17.4 Å². The van der Waals surface area contributed by atoms with Crippen LogP contribution in [0.4, 0.5) is 10.1 Å². The van der Waals surface area contributed by atoms with Crippen molar-refractivity contribution >= 4 is 33.5 Å². The molecule has 0 unspecified atom stereocenters. The number of benzene rings is 3. The van der Waals surface area contributed by atoms with Gasteiger partial charge in [-0.1, -0.05) is 18.2 Å². The zero-order chi connectivity index (χ0) is 28.1. The number of nitrogens with zero attached hydrogens (tertiary/aromatic N) is 6. The van der Waals surface area contributed by atoms with Gasteiger partial charge in [-0.05, 0) is 60.0 Å². The average Bonchev–Trinajstić information content (AvgIpc) is 3.22. The molecule has 40 heavy (non-hydrogen) atoms. The number of carbonyl (C=O) groups excluding carboxylic acids is 1. The second kappa shape index (κ2) is 9.65. The lowest BCUT2D eigenvalue weighted by Gasteiger charge is -2.36. The minimum absolute atomic E-state index is 0.0475. The third kappa shape index (κ3) is 4.09. The summed E-state index contributed by atoms with van der Waals surface area (Å²) in [6, 6.07) is 18.1. The Kier molecular flexibility index (Phi) is 6.11. The van der Waals surface area contributed by atoms with Crippen molar-refractivity contribution in [2.24, 2.45) is 7.05 Å². The van der Waals surface area contributed by atoms with Crippen LogP contribution >= 0.6 is 0 Å². The fourth-order valence-electron chi connectivity index (χ4n) is 5.58. The van der Waals surface area contributed by atoms with Crippen molar-refractivity contribution in [1.82, 2.24) is 19.0 Å². The van der Waals surface area contributed by atoms with Crippen LogP contribution in [0.5, 0.6) is 0 Å². The molecular formula is C31H27FN6O2. The molecule has 1 amide bonds. The van der Waals surface area contributed by atoms with Crippen LogP contribution in [0, 0.1) is 24.1 Å². The van der Waals surface area contributed by atoms with Gasteiger partial charge in [0, 0.05) is 45.5 Å². The molecule has 1 aliphatic heterocycles. The Hall–Kier alpha value is -4.97. The van der Waals surface area contributed by atoms with Gasteiger partial charge in [-0.25, -0.2) is 9.18 Å². The maximum Gasteiger partial charge on any atom is 0.333 e. The van der Waals surface area contributed by atoms with Crippen LogP contribution in [-0.4, -0.2) is 51.1 Å². The molecular weight excluding hydrogens is 507 g/mol. The molecule has 1 aliphatic rings. The van der Waals surface area contributed by atoms with E-state index in [0.29, 0.717) is 48.5 Å². The Morgan fingerprint density at radius 1 is 0.975 bits per heavy atom. The standard InChI is InChI=1S/C31H27FN6O2/c1-19-14-28(37-12-10-36(11-13-37)20(2)39)23(17-33)16-27(19)38-30-25-15-22(21-4-7-24(32)8-5-21)6-9-26(25)34-18-29(30)35(3)31(38)40/h4-9,14-16,18H,10-13H2,1-3H3. The summed E-state index contributed by atoms with van der Waals surface area (Å²) in [6.07, 6.45) is 1.69. The highest BCUT2D eigenvalue weighted by atomic mass is 19.1. The number of hydrogen-bond acceptors (Lipinski definition) is 5. The molecule has 2 aromatic heterocycles. The fraction of sp³-hybridized carbons (Fsp3) is 0.226. The zero-order valence-electron chi connectivity index (χ0n) is 22.5. The van der Waals surface area contributed by atoms with E-state index < -0.39 is 0 Å². The predicted octanol–water partition coefficient (Wildman–Crippen LogP) is 4.53. The minimum Gasteiger partial charge on any atom is -0.367 e. The maximum atomic E-state index is 13.7. The number of aromatic nitrogens is 3. The molecule has 0 aliphatic carbocycles. The summed E-state index contributed by atoms with van der Waals surface area (Å²) in [6.45, 7) is 5.95. The summed E-state index contributed by atoms with van der Waals surface area (Å²) >= 11 is 0. The molecule has 0 spiro atoms. The first kappa shape index (κ1) is 25.3. The molecule has 3 aromatic carbocycles.